The third kappa shape index (κ3) is 1.55. The lowest BCUT2D eigenvalue weighted by Gasteiger charge is -2.30. The highest BCUT2D eigenvalue weighted by Crippen LogP contribution is 2.32. The molecule has 16 heavy (non-hydrogen) atoms. The highest BCUT2D eigenvalue weighted by molar-refractivity contribution is 6.03. The lowest BCUT2D eigenvalue weighted by Crippen LogP contribution is -2.49. The van der Waals surface area contributed by atoms with E-state index in [1.807, 2.05) is 0 Å². The summed E-state index contributed by atoms with van der Waals surface area (Å²) in [5, 5.41) is 9.84. The molecule has 0 bridgehead atoms. The SMILES string of the molecule is COC(=O)C1(O)CC(=O)c2ccccc2O1. The zero-order valence-corrected chi connectivity index (χ0v) is 8.60. The first-order valence-electron chi connectivity index (χ1n) is 4.69. The molecule has 84 valence electrons. The van der Waals surface area contributed by atoms with Gasteiger partial charge in [-0.15, -0.1) is 0 Å². The molecule has 0 aromatic heterocycles. The monoisotopic (exact) mass is 222 g/mol. The average molecular weight is 222 g/mol. The second kappa shape index (κ2) is 3.61. The van der Waals surface area contributed by atoms with Crippen LogP contribution in [0.1, 0.15) is 16.8 Å². The van der Waals surface area contributed by atoms with Crippen LogP contribution in [0.3, 0.4) is 0 Å². The van der Waals surface area contributed by atoms with Crippen molar-refractivity contribution in [3.05, 3.63) is 29.8 Å². The van der Waals surface area contributed by atoms with Gasteiger partial charge in [-0.2, -0.15) is 0 Å². The predicted octanol–water partition coefficient (Wildman–Crippen LogP) is 0.513. The number of carbonyl (C=O) groups excluding carboxylic acids is 2. The van der Waals surface area contributed by atoms with E-state index in [9.17, 15) is 14.7 Å². The van der Waals surface area contributed by atoms with Crippen LogP contribution < -0.4 is 4.74 Å². The fraction of sp³-hybridized carbons (Fsp3) is 0.273. The van der Waals surface area contributed by atoms with Crippen LogP contribution in [0.2, 0.25) is 0 Å². The maximum atomic E-state index is 11.7. The molecule has 1 atom stereocenters. The quantitative estimate of drug-likeness (QED) is 0.701. The van der Waals surface area contributed by atoms with Crippen LogP contribution in [0, 0.1) is 0 Å². The Labute approximate surface area is 91.6 Å². The highest BCUT2D eigenvalue weighted by Gasteiger charge is 2.46. The smallest absolute Gasteiger partial charge is 0.379 e. The molecule has 2 rings (SSSR count). The molecule has 0 saturated carbocycles. The molecule has 1 aromatic carbocycles. The first kappa shape index (κ1) is 10.6. The fourth-order valence-electron chi connectivity index (χ4n) is 1.59. The summed E-state index contributed by atoms with van der Waals surface area (Å²) in [7, 11) is 1.12. The Morgan fingerprint density at radius 2 is 2.19 bits per heavy atom. The summed E-state index contributed by atoms with van der Waals surface area (Å²) < 4.78 is 9.49. The minimum absolute atomic E-state index is 0.187. The number of methoxy groups -OCH3 is 1. The van der Waals surface area contributed by atoms with Crippen LogP contribution in [0.15, 0.2) is 24.3 Å². The fourth-order valence-corrected chi connectivity index (χ4v) is 1.59. The number of ketones is 1. The number of aliphatic hydroxyl groups is 1. The zero-order valence-electron chi connectivity index (χ0n) is 8.60. The number of para-hydroxylation sites is 1. The number of rotatable bonds is 1. The van der Waals surface area contributed by atoms with E-state index >= 15 is 0 Å². The van der Waals surface area contributed by atoms with E-state index in [1.165, 1.54) is 6.07 Å². The zero-order chi connectivity index (χ0) is 11.8. The van der Waals surface area contributed by atoms with Crippen molar-refractivity contribution in [1.29, 1.82) is 0 Å². The van der Waals surface area contributed by atoms with Crippen molar-refractivity contribution < 1.29 is 24.2 Å². The Morgan fingerprint density at radius 1 is 1.50 bits per heavy atom. The van der Waals surface area contributed by atoms with Gasteiger partial charge in [0.05, 0.1) is 19.1 Å². The van der Waals surface area contributed by atoms with Gasteiger partial charge in [-0.3, -0.25) is 4.79 Å². The lowest BCUT2D eigenvalue weighted by atomic mass is 9.98. The minimum Gasteiger partial charge on any atom is -0.464 e. The summed E-state index contributed by atoms with van der Waals surface area (Å²) in [4.78, 5) is 23.0. The van der Waals surface area contributed by atoms with E-state index in [0.29, 0.717) is 5.56 Å². The van der Waals surface area contributed by atoms with Gasteiger partial charge in [0.1, 0.15) is 5.75 Å². The molecule has 1 aliphatic heterocycles. The molecule has 1 heterocycles. The van der Waals surface area contributed by atoms with Gasteiger partial charge in [0.25, 0.3) is 0 Å². The maximum Gasteiger partial charge on any atom is 0.379 e. The number of esters is 1. The summed E-state index contributed by atoms with van der Waals surface area (Å²) in [6.45, 7) is 0. The third-order valence-corrected chi connectivity index (χ3v) is 2.37. The van der Waals surface area contributed by atoms with Gasteiger partial charge in [-0.05, 0) is 12.1 Å². The van der Waals surface area contributed by atoms with Crippen molar-refractivity contribution in [3.63, 3.8) is 0 Å². The maximum absolute atomic E-state index is 11.7. The van der Waals surface area contributed by atoms with Crippen molar-refractivity contribution in [3.8, 4) is 5.75 Å². The van der Waals surface area contributed by atoms with Crippen molar-refractivity contribution in [1.82, 2.24) is 0 Å². The first-order valence-corrected chi connectivity index (χ1v) is 4.69. The van der Waals surface area contributed by atoms with Gasteiger partial charge >= 0.3 is 11.8 Å². The van der Waals surface area contributed by atoms with E-state index in [-0.39, 0.29) is 11.5 Å². The molecule has 1 unspecified atom stereocenters. The molecule has 5 heteroatoms. The molecular weight excluding hydrogens is 212 g/mol. The number of hydrogen-bond donors (Lipinski definition) is 1. The topological polar surface area (TPSA) is 72.8 Å². The summed E-state index contributed by atoms with van der Waals surface area (Å²) >= 11 is 0. The van der Waals surface area contributed by atoms with E-state index in [0.717, 1.165) is 7.11 Å². The van der Waals surface area contributed by atoms with E-state index in [1.54, 1.807) is 18.2 Å². The standard InChI is InChI=1S/C11H10O5/c1-15-10(13)11(14)6-8(12)7-4-2-3-5-9(7)16-11/h2-5,14H,6H2,1H3. The van der Waals surface area contributed by atoms with E-state index < -0.39 is 18.2 Å². The predicted molar refractivity (Wildman–Crippen MR) is 53.0 cm³/mol. The van der Waals surface area contributed by atoms with Crippen LogP contribution in [0.25, 0.3) is 0 Å². The van der Waals surface area contributed by atoms with Crippen LogP contribution in [0.4, 0.5) is 0 Å². The highest BCUT2D eigenvalue weighted by atomic mass is 16.7. The minimum atomic E-state index is -2.21. The first-order chi connectivity index (χ1) is 7.57. The molecular formula is C11H10O5. The molecule has 0 aliphatic carbocycles. The van der Waals surface area contributed by atoms with Gasteiger partial charge in [0.2, 0.25) is 0 Å². The second-order valence-electron chi connectivity index (χ2n) is 3.47. The van der Waals surface area contributed by atoms with Gasteiger partial charge in [0, 0.05) is 0 Å². The molecule has 0 amide bonds. The molecule has 0 radical (unpaired) electrons. The summed E-state index contributed by atoms with van der Waals surface area (Å²) in [5.74, 6) is -3.35. The summed E-state index contributed by atoms with van der Waals surface area (Å²) in [6.07, 6.45) is -0.434. The van der Waals surface area contributed by atoms with Crippen molar-refractivity contribution >= 4 is 11.8 Å². The normalized spacial score (nSPS) is 23.2. The van der Waals surface area contributed by atoms with E-state index in [4.69, 9.17) is 4.74 Å². The number of benzene rings is 1. The van der Waals surface area contributed by atoms with Crippen molar-refractivity contribution in [2.75, 3.05) is 7.11 Å². The van der Waals surface area contributed by atoms with Crippen molar-refractivity contribution in [2.24, 2.45) is 0 Å². The Morgan fingerprint density at radius 3 is 2.88 bits per heavy atom. The Bertz CT molecular complexity index is 453. The molecule has 0 fully saturated rings. The van der Waals surface area contributed by atoms with Gasteiger partial charge in [-0.1, -0.05) is 12.1 Å². The van der Waals surface area contributed by atoms with Crippen LogP contribution in [0.5, 0.6) is 5.75 Å². The molecule has 1 N–H and O–H groups in total. The number of ether oxygens (including phenoxy) is 2. The Balaban J connectivity index is 2.41. The van der Waals surface area contributed by atoms with Gasteiger partial charge < -0.3 is 14.6 Å². The van der Waals surface area contributed by atoms with Gasteiger partial charge in [0.15, 0.2) is 5.78 Å². The molecule has 0 spiro atoms. The number of carbonyl (C=O) groups is 2. The number of hydrogen-bond acceptors (Lipinski definition) is 5. The van der Waals surface area contributed by atoms with Gasteiger partial charge in [-0.25, -0.2) is 4.79 Å². The summed E-state index contributed by atoms with van der Waals surface area (Å²) in [5.41, 5.74) is 0.357. The van der Waals surface area contributed by atoms with Crippen LogP contribution >= 0.6 is 0 Å². The molecule has 5 nitrogen and oxygen atoms in total. The summed E-state index contributed by atoms with van der Waals surface area (Å²) in [6, 6.07) is 6.42. The van der Waals surface area contributed by atoms with Crippen LogP contribution in [-0.4, -0.2) is 29.8 Å². The molecule has 1 aliphatic rings. The lowest BCUT2D eigenvalue weighted by molar-refractivity contribution is -0.197. The number of fused-ring (bicyclic) bond motifs is 1. The third-order valence-electron chi connectivity index (χ3n) is 2.37. The van der Waals surface area contributed by atoms with E-state index in [2.05, 4.69) is 4.74 Å². The number of Topliss-reactive ketones (excluding diaryl/α,β-unsaturated/α-hetero) is 1. The second-order valence-corrected chi connectivity index (χ2v) is 3.47. The molecule has 0 saturated heterocycles. The Kier molecular flexibility index (Phi) is 2.40. The van der Waals surface area contributed by atoms with Crippen LogP contribution in [-0.2, 0) is 9.53 Å². The average Bonchev–Trinajstić information content (AvgIpc) is 2.27. The molecule has 1 aromatic rings. The largest absolute Gasteiger partial charge is 0.464 e. The van der Waals surface area contributed by atoms with Crippen molar-refractivity contribution in [2.45, 2.75) is 12.2 Å². The Hall–Kier alpha value is -1.88.